The summed E-state index contributed by atoms with van der Waals surface area (Å²) in [4.78, 5) is 0. The number of ether oxygens (including phenoxy) is 6. The first kappa shape index (κ1) is 37.7. The highest BCUT2D eigenvalue weighted by atomic mass is 16.7. The zero-order chi connectivity index (χ0) is 28.6. The lowest BCUT2D eigenvalue weighted by Gasteiger charge is -2.07. The Morgan fingerprint density at radius 1 is 0.650 bits per heavy atom. The van der Waals surface area contributed by atoms with E-state index >= 15 is 0 Å². The number of benzene rings is 2. The third-order valence-electron chi connectivity index (χ3n) is 5.79. The fourth-order valence-electron chi connectivity index (χ4n) is 3.71. The molecule has 2 aromatic carbocycles. The Labute approximate surface area is 244 Å². The second-order valence-electron chi connectivity index (χ2n) is 8.67. The first-order valence-electron chi connectivity index (χ1n) is 14.0. The van der Waals surface area contributed by atoms with Crippen LogP contribution >= 0.6 is 0 Å². The molecule has 0 atom stereocenters. The Hall–Kier alpha value is -2.32. The number of fused-ring (bicyclic) bond motifs is 2. The van der Waals surface area contributed by atoms with Crippen LogP contribution < -0.4 is 0 Å². The number of rotatable bonds is 4. The molecule has 0 unspecified atom stereocenters. The summed E-state index contributed by atoms with van der Waals surface area (Å²) < 4.78 is 30.5. The molecule has 0 radical (unpaired) electrons. The molecule has 226 valence electrons. The van der Waals surface area contributed by atoms with Crippen molar-refractivity contribution in [1.82, 2.24) is 0 Å². The van der Waals surface area contributed by atoms with Gasteiger partial charge in [0.15, 0.2) is 12.6 Å². The summed E-state index contributed by atoms with van der Waals surface area (Å²) >= 11 is 0. The van der Waals surface area contributed by atoms with Gasteiger partial charge in [-0.15, -0.1) is 0 Å². The fourth-order valence-corrected chi connectivity index (χ4v) is 3.71. The van der Waals surface area contributed by atoms with Crippen LogP contribution in [0.25, 0.3) is 0 Å². The summed E-state index contributed by atoms with van der Waals surface area (Å²) in [5.74, 6) is 0. The molecule has 40 heavy (non-hydrogen) atoms. The molecule has 0 N–H and O–H groups in total. The van der Waals surface area contributed by atoms with Crippen LogP contribution in [0.1, 0.15) is 63.8 Å². The Morgan fingerprint density at radius 2 is 1.02 bits per heavy atom. The van der Waals surface area contributed by atoms with E-state index in [2.05, 4.69) is 36.4 Å². The SMILES string of the molecule is C.CC.CC1OCC=CCO1.CC1OCc2ccccc2CO1.COC/C=C/COC.c1ccc2c(c1)CCC2. The van der Waals surface area contributed by atoms with Crippen molar-refractivity contribution in [3.05, 3.63) is 95.1 Å². The molecular formula is C34H54O6. The van der Waals surface area contributed by atoms with Crippen LogP contribution in [-0.2, 0) is 54.5 Å². The first-order valence-corrected chi connectivity index (χ1v) is 14.0. The van der Waals surface area contributed by atoms with Gasteiger partial charge < -0.3 is 28.4 Å². The van der Waals surface area contributed by atoms with E-state index in [1.807, 2.05) is 64.1 Å². The van der Waals surface area contributed by atoms with Gasteiger partial charge in [0.05, 0.1) is 39.6 Å². The van der Waals surface area contributed by atoms with Gasteiger partial charge in [0.25, 0.3) is 0 Å². The van der Waals surface area contributed by atoms with Crippen LogP contribution in [0.5, 0.6) is 0 Å². The standard InChI is InChI=1S/C10H12O2.C9H10.C6H10O2.C6H12O2.C2H6.CH4/c1-8-11-6-9-4-2-3-5-10(9)7-12-8;1-2-5-9-7-3-6-8(9)4-1;1-6-7-4-2-3-5-8-6;1-7-5-3-4-6-8-2;1-2;/h2-5,8H,6-7H2,1H3;1-2,4-5H,3,6-7H2;2-3,6H,4-5H2,1H3;3-4H,5-6H2,1-2H3;1-2H3;1H4/b;;;4-3+;;. The van der Waals surface area contributed by atoms with Crippen LogP contribution in [-0.4, -0.2) is 53.2 Å². The van der Waals surface area contributed by atoms with E-state index in [1.54, 1.807) is 25.3 Å². The maximum Gasteiger partial charge on any atom is 0.155 e. The first-order chi connectivity index (χ1) is 19.1. The quantitative estimate of drug-likeness (QED) is 0.359. The number of hydrogen-bond acceptors (Lipinski definition) is 6. The van der Waals surface area contributed by atoms with Crippen LogP contribution in [0.15, 0.2) is 72.8 Å². The molecule has 3 aliphatic rings. The Bertz CT molecular complexity index is 843. The molecular weight excluding hydrogens is 504 g/mol. The highest BCUT2D eigenvalue weighted by Crippen LogP contribution is 2.20. The lowest BCUT2D eigenvalue weighted by molar-refractivity contribution is -0.136. The summed E-state index contributed by atoms with van der Waals surface area (Å²) in [7, 11) is 3.33. The van der Waals surface area contributed by atoms with Crippen molar-refractivity contribution >= 4 is 0 Å². The summed E-state index contributed by atoms with van der Waals surface area (Å²) in [5, 5.41) is 0. The van der Waals surface area contributed by atoms with E-state index in [-0.39, 0.29) is 20.0 Å². The van der Waals surface area contributed by atoms with Gasteiger partial charge in [0.2, 0.25) is 0 Å². The maximum atomic E-state index is 5.41. The number of hydrogen-bond donors (Lipinski definition) is 0. The Kier molecular flexibility index (Phi) is 24.1. The molecule has 0 saturated heterocycles. The average molecular weight is 559 g/mol. The molecule has 2 aliphatic heterocycles. The summed E-state index contributed by atoms with van der Waals surface area (Å²) in [6, 6.07) is 16.9. The zero-order valence-corrected chi connectivity index (χ0v) is 24.9. The van der Waals surface area contributed by atoms with Crippen LogP contribution in [0.2, 0.25) is 0 Å². The van der Waals surface area contributed by atoms with Crippen LogP contribution in [0.4, 0.5) is 0 Å². The predicted molar refractivity (Wildman–Crippen MR) is 165 cm³/mol. The summed E-state index contributed by atoms with van der Waals surface area (Å²) in [6.07, 6.45) is 11.6. The largest absolute Gasteiger partial charge is 0.381 e. The predicted octanol–water partition coefficient (Wildman–Crippen LogP) is 7.69. The second-order valence-corrected chi connectivity index (χ2v) is 8.67. The van der Waals surface area contributed by atoms with Crippen LogP contribution in [0.3, 0.4) is 0 Å². The molecule has 2 aromatic rings. The van der Waals surface area contributed by atoms with Gasteiger partial charge in [0, 0.05) is 14.2 Å². The smallest absolute Gasteiger partial charge is 0.155 e. The minimum absolute atomic E-state index is 0. The molecule has 0 bridgehead atoms. The maximum absolute atomic E-state index is 5.41. The molecule has 0 saturated carbocycles. The van der Waals surface area contributed by atoms with Crippen molar-refractivity contribution in [2.45, 2.75) is 80.2 Å². The van der Waals surface area contributed by atoms with Gasteiger partial charge in [-0.25, -0.2) is 0 Å². The van der Waals surface area contributed by atoms with E-state index in [1.165, 1.54) is 30.4 Å². The van der Waals surface area contributed by atoms with Gasteiger partial charge in [0.1, 0.15) is 0 Å². The highest BCUT2D eigenvalue weighted by molar-refractivity contribution is 5.30. The summed E-state index contributed by atoms with van der Waals surface area (Å²) in [6.45, 7) is 11.8. The normalized spacial score (nSPS) is 15.9. The molecule has 6 heteroatoms. The van der Waals surface area contributed by atoms with Gasteiger partial charge in [-0.1, -0.05) is 94.1 Å². The Morgan fingerprint density at radius 3 is 1.43 bits per heavy atom. The molecule has 0 aromatic heterocycles. The average Bonchev–Trinajstić information content (AvgIpc) is 3.22. The highest BCUT2D eigenvalue weighted by Gasteiger charge is 2.11. The minimum Gasteiger partial charge on any atom is -0.381 e. The van der Waals surface area contributed by atoms with Gasteiger partial charge in [-0.3, -0.25) is 0 Å². The topological polar surface area (TPSA) is 55.4 Å². The molecule has 6 nitrogen and oxygen atoms in total. The van der Waals surface area contributed by atoms with E-state index in [0.29, 0.717) is 39.6 Å². The van der Waals surface area contributed by atoms with Crippen molar-refractivity contribution in [1.29, 1.82) is 0 Å². The zero-order valence-electron chi connectivity index (χ0n) is 24.9. The van der Waals surface area contributed by atoms with Gasteiger partial charge in [-0.05, 0) is 55.4 Å². The van der Waals surface area contributed by atoms with Gasteiger partial charge >= 0.3 is 0 Å². The minimum atomic E-state index is -0.0857. The molecule has 0 amide bonds. The Balaban J connectivity index is 0.000000500. The monoisotopic (exact) mass is 558 g/mol. The molecule has 0 spiro atoms. The molecule has 2 heterocycles. The molecule has 0 fully saturated rings. The van der Waals surface area contributed by atoms with E-state index in [4.69, 9.17) is 28.4 Å². The fraction of sp³-hybridized carbons (Fsp3) is 0.529. The van der Waals surface area contributed by atoms with E-state index in [0.717, 1.165) is 0 Å². The third-order valence-corrected chi connectivity index (χ3v) is 5.79. The number of methoxy groups -OCH3 is 2. The lowest BCUT2D eigenvalue weighted by Crippen LogP contribution is -2.10. The molecule has 1 aliphatic carbocycles. The second kappa shape index (κ2) is 25.6. The van der Waals surface area contributed by atoms with Crippen molar-refractivity contribution in [2.75, 3.05) is 40.6 Å². The summed E-state index contributed by atoms with van der Waals surface area (Å²) in [5.41, 5.74) is 5.61. The van der Waals surface area contributed by atoms with Crippen molar-refractivity contribution in [2.24, 2.45) is 0 Å². The number of aryl methyl sites for hydroxylation is 2. The molecule has 5 rings (SSSR count). The van der Waals surface area contributed by atoms with Gasteiger partial charge in [-0.2, -0.15) is 0 Å². The van der Waals surface area contributed by atoms with Crippen LogP contribution in [0, 0.1) is 0 Å². The van der Waals surface area contributed by atoms with Crippen molar-refractivity contribution in [3.63, 3.8) is 0 Å². The van der Waals surface area contributed by atoms with Crippen molar-refractivity contribution in [3.8, 4) is 0 Å². The van der Waals surface area contributed by atoms with E-state index < -0.39 is 0 Å². The van der Waals surface area contributed by atoms with Crippen molar-refractivity contribution < 1.29 is 28.4 Å². The lowest BCUT2D eigenvalue weighted by atomic mass is 10.1. The van der Waals surface area contributed by atoms with E-state index in [9.17, 15) is 0 Å². The third kappa shape index (κ3) is 17.4.